The molecule has 0 saturated carbocycles. The molecule has 9 heteroatoms. The zero-order valence-corrected chi connectivity index (χ0v) is 16.2. The number of rotatable bonds is 4. The Morgan fingerprint density at radius 2 is 1.64 bits per heavy atom. The van der Waals surface area contributed by atoms with Crippen LogP contribution in [0, 0.1) is 0 Å². The van der Waals surface area contributed by atoms with Gasteiger partial charge in [0.05, 0.1) is 16.6 Å². The zero-order valence-electron chi connectivity index (χ0n) is 14.6. The summed E-state index contributed by atoms with van der Waals surface area (Å²) in [6.45, 7) is 0. The summed E-state index contributed by atoms with van der Waals surface area (Å²) in [5.41, 5.74) is 15.7. The van der Waals surface area contributed by atoms with Gasteiger partial charge >= 0.3 is 0 Å². The lowest BCUT2D eigenvalue weighted by molar-refractivity contribution is 0.597. The van der Waals surface area contributed by atoms with E-state index >= 15 is 0 Å². The van der Waals surface area contributed by atoms with Crippen LogP contribution in [-0.4, -0.2) is 18.4 Å². The number of nitrogens with two attached hydrogens (primary N) is 3. The van der Waals surface area contributed by atoms with Crippen molar-refractivity contribution in [2.24, 2.45) is 10.9 Å². The number of nitrogen functional groups attached to an aromatic ring is 1. The van der Waals surface area contributed by atoms with Gasteiger partial charge in [-0.15, -0.1) is 11.3 Å². The maximum absolute atomic E-state index is 11.5. The van der Waals surface area contributed by atoms with Gasteiger partial charge in [0, 0.05) is 16.3 Å². The minimum Gasteiger partial charge on any atom is -0.368 e. The number of sulfonamides is 1. The Balaban J connectivity index is 1.87. The molecule has 4 aromatic rings. The highest BCUT2D eigenvalue weighted by Crippen LogP contribution is 2.37. The molecule has 1 unspecified atom stereocenters. The molecular weight excluding hydrogens is 394 g/mol. The largest absolute Gasteiger partial charge is 0.368 e. The Hall–Kier alpha value is -2.85. The van der Waals surface area contributed by atoms with Crippen LogP contribution in [-0.2, 0) is 10.0 Å². The van der Waals surface area contributed by atoms with E-state index in [4.69, 9.17) is 16.6 Å². The molecule has 6 N–H and O–H groups in total. The number of hydrogen-bond acceptors (Lipinski definition) is 7. The summed E-state index contributed by atoms with van der Waals surface area (Å²) in [4.78, 5) is 9.52. The van der Waals surface area contributed by atoms with Crippen molar-refractivity contribution in [3.8, 4) is 11.1 Å². The van der Waals surface area contributed by atoms with Gasteiger partial charge in [0.1, 0.15) is 4.83 Å². The van der Waals surface area contributed by atoms with Crippen molar-refractivity contribution >= 4 is 37.5 Å². The van der Waals surface area contributed by atoms with Crippen molar-refractivity contribution in [3.05, 3.63) is 71.2 Å². The maximum Gasteiger partial charge on any atom is 0.238 e. The van der Waals surface area contributed by atoms with Gasteiger partial charge < -0.3 is 11.5 Å². The van der Waals surface area contributed by atoms with Crippen molar-refractivity contribution in [2.75, 3.05) is 5.73 Å². The Labute approximate surface area is 165 Å². The molecule has 2 heterocycles. The van der Waals surface area contributed by atoms with Crippen molar-refractivity contribution in [1.82, 2.24) is 9.97 Å². The van der Waals surface area contributed by atoms with E-state index in [1.165, 1.54) is 23.5 Å². The number of hydrogen-bond donors (Lipinski definition) is 3. The van der Waals surface area contributed by atoms with Crippen LogP contribution in [0.4, 0.5) is 5.95 Å². The smallest absolute Gasteiger partial charge is 0.238 e. The van der Waals surface area contributed by atoms with Crippen LogP contribution >= 0.6 is 11.3 Å². The fraction of sp³-hybridized carbons (Fsp3) is 0.0526. The van der Waals surface area contributed by atoms with E-state index in [9.17, 15) is 8.42 Å². The average molecular weight is 412 g/mol. The van der Waals surface area contributed by atoms with Gasteiger partial charge in [-0.25, -0.2) is 23.5 Å². The Bertz CT molecular complexity index is 1250. The maximum atomic E-state index is 11.5. The van der Waals surface area contributed by atoms with Gasteiger partial charge in [0.15, 0.2) is 0 Å². The highest BCUT2D eigenvalue weighted by molar-refractivity contribution is 7.89. The third-order valence-corrected chi connectivity index (χ3v) is 6.23. The number of thiophene rings is 1. The number of primary sulfonamides is 1. The highest BCUT2D eigenvalue weighted by atomic mass is 32.2. The predicted molar refractivity (Wildman–Crippen MR) is 111 cm³/mol. The summed E-state index contributed by atoms with van der Waals surface area (Å²) >= 11 is 1.47. The van der Waals surface area contributed by atoms with E-state index in [1.807, 2.05) is 35.7 Å². The fourth-order valence-electron chi connectivity index (χ4n) is 3.06. The number of benzene rings is 2. The number of aromatic nitrogens is 2. The van der Waals surface area contributed by atoms with E-state index in [0.29, 0.717) is 11.3 Å². The summed E-state index contributed by atoms with van der Waals surface area (Å²) in [5.74, 6) is 0.139. The molecule has 0 aliphatic rings. The summed E-state index contributed by atoms with van der Waals surface area (Å²) < 4.78 is 23.0. The van der Waals surface area contributed by atoms with E-state index in [1.54, 1.807) is 12.1 Å². The van der Waals surface area contributed by atoms with Crippen LogP contribution < -0.4 is 16.6 Å². The molecular formula is C19H17N5O2S2. The van der Waals surface area contributed by atoms with Gasteiger partial charge in [-0.2, -0.15) is 0 Å². The Morgan fingerprint density at radius 3 is 2.29 bits per heavy atom. The topological polar surface area (TPSA) is 138 Å². The zero-order chi connectivity index (χ0) is 19.9. The summed E-state index contributed by atoms with van der Waals surface area (Å²) in [6, 6.07) is 15.4. The first-order valence-electron chi connectivity index (χ1n) is 8.33. The molecule has 7 nitrogen and oxygen atoms in total. The first kappa shape index (κ1) is 18.5. The molecule has 142 valence electrons. The molecule has 1 atom stereocenters. The molecule has 2 aromatic heterocycles. The number of fused-ring (bicyclic) bond motifs is 1. The van der Waals surface area contributed by atoms with Crippen molar-refractivity contribution in [1.29, 1.82) is 0 Å². The monoisotopic (exact) mass is 411 g/mol. The lowest BCUT2D eigenvalue weighted by Gasteiger charge is -2.15. The number of nitrogens with zero attached hydrogens (tertiary/aromatic N) is 2. The third-order valence-electron chi connectivity index (χ3n) is 4.43. The fourth-order valence-corrected chi connectivity index (χ4v) is 4.54. The molecule has 2 aromatic carbocycles. The molecule has 28 heavy (non-hydrogen) atoms. The van der Waals surface area contributed by atoms with E-state index in [0.717, 1.165) is 21.3 Å². The van der Waals surface area contributed by atoms with Crippen LogP contribution in [0.3, 0.4) is 0 Å². The van der Waals surface area contributed by atoms with Gasteiger partial charge in [-0.05, 0) is 23.3 Å². The summed E-state index contributed by atoms with van der Waals surface area (Å²) in [5, 5.41) is 8.01. The third kappa shape index (κ3) is 3.36. The predicted octanol–water partition coefficient (Wildman–Crippen LogP) is 2.64. The van der Waals surface area contributed by atoms with E-state index < -0.39 is 16.1 Å². The average Bonchev–Trinajstić information content (AvgIpc) is 3.10. The summed E-state index contributed by atoms with van der Waals surface area (Å²) in [7, 11) is -3.77. The second kappa shape index (κ2) is 6.95. The van der Waals surface area contributed by atoms with Crippen LogP contribution in [0.25, 0.3) is 21.3 Å². The van der Waals surface area contributed by atoms with Gasteiger partial charge in [-0.1, -0.05) is 42.5 Å². The highest BCUT2D eigenvalue weighted by Gasteiger charge is 2.21. The molecule has 0 saturated heterocycles. The molecule has 4 rings (SSSR count). The molecule has 0 aliphatic heterocycles. The normalized spacial score (nSPS) is 12.9. The van der Waals surface area contributed by atoms with Crippen molar-refractivity contribution in [2.45, 2.75) is 10.9 Å². The van der Waals surface area contributed by atoms with Gasteiger partial charge in [0.2, 0.25) is 16.0 Å². The lowest BCUT2D eigenvalue weighted by Crippen LogP contribution is -2.16. The SMILES string of the molecule is Nc1nc(C(N)c2ccc(S(N)(=O)=O)cc2)c2c(-c3ccccc3)csc2n1. The standard InChI is InChI=1S/C19H17N5O2S2/c20-16(12-6-8-13(9-7-12)28(22,25)26)17-15-14(11-4-2-1-3-5-11)10-27-18(15)24-19(21)23-17/h1-10,16H,20H2,(H2,21,23,24)(H2,22,25,26). The number of anilines is 1. The second-order valence-electron chi connectivity index (χ2n) is 6.25. The molecule has 0 aliphatic carbocycles. The molecule has 0 fully saturated rings. The molecule has 0 radical (unpaired) electrons. The minimum atomic E-state index is -3.77. The van der Waals surface area contributed by atoms with Crippen molar-refractivity contribution in [3.63, 3.8) is 0 Å². The van der Waals surface area contributed by atoms with Crippen LogP contribution in [0.2, 0.25) is 0 Å². The Kier molecular flexibility index (Phi) is 4.60. The quantitative estimate of drug-likeness (QED) is 0.472. The first-order chi connectivity index (χ1) is 13.3. The van der Waals surface area contributed by atoms with Gasteiger partial charge in [-0.3, -0.25) is 0 Å². The van der Waals surface area contributed by atoms with E-state index in [2.05, 4.69) is 9.97 Å². The first-order valence-corrected chi connectivity index (χ1v) is 10.8. The summed E-state index contributed by atoms with van der Waals surface area (Å²) in [6.07, 6.45) is 0. The van der Waals surface area contributed by atoms with Gasteiger partial charge in [0.25, 0.3) is 0 Å². The van der Waals surface area contributed by atoms with Crippen LogP contribution in [0.1, 0.15) is 17.3 Å². The Morgan fingerprint density at radius 1 is 0.964 bits per heavy atom. The van der Waals surface area contributed by atoms with Crippen LogP contribution in [0.15, 0.2) is 64.9 Å². The minimum absolute atomic E-state index is 0.0244. The molecule has 0 bridgehead atoms. The lowest BCUT2D eigenvalue weighted by atomic mass is 9.98. The second-order valence-corrected chi connectivity index (χ2v) is 8.67. The molecule has 0 spiro atoms. The van der Waals surface area contributed by atoms with E-state index in [-0.39, 0.29) is 10.8 Å². The molecule has 0 amide bonds. The van der Waals surface area contributed by atoms with Crippen LogP contribution in [0.5, 0.6) is 0 Å². The van der Waals surface area contributed by atoms with Crippen molar-refractivity contribution < 1.29 is 8.42 Å².